The highest BCUT2D eigenvalue weighted by atomic mass is 79.9. The topological polar surface area (TPSA) is 78.4 Å². The summed E-state index contributed by atoms with van der Waals surface area (Å²) in [4.78, 5) is 20.7. The maximum absolute atomic E-state index is 11.8. The van der Waals surface area contributed by atoms with Crippen molar-refractivity contribution in [2.24, 2.45) is 0 Å². The van der Waals surface area contributed by atoms with Crippen LogP contribution < -0.4 is 10.6 Å². The zero-order valence-electron chi connectivity index (χ0n) is 14.2. The molecule has 142 valence electrons. The van der Waals surface area contributed by atoms with E-state index in [2.05, 4.69) is 47.3 Å². The normalized spacial score (nSPS) is 11.3. The first-order chi connectivity index (χ1) is 11.3. The largest absolute Gasteiger partial charge is 0.490 e. The Morgan fingerprint density at radius 1 is 1.16 bits per heavy atom. The van der Waals surface area contributed by atoms with Crippen LogP contribution in [0.2, 0.25) is 0 Å². The van der Waals surface area contributed by atoms with Crippen LogP contribution >= 0.6 is 15.9 Å². The average molecular weight is 427 g/mol. The molecule has 25 heavy (non-hydrogen) atoms. The van der Waals surface area contributed by atoms with Crippen molar-refractivity contribution >= 4 is 27.8 Å². The van der Waals surface area contributed by atoms with E-state index in [4.69, 9.17) is 9.90 Å². The van der Waals surface area contributed by atoms with Crippen LogP contribution in [0.15, 0.2) is 28.7 Å². The second-order valence-electron chi connectivity index (χ2n) is 6.10. The molecular formula is C16H22BrF3N2O3. The van der Waals surface area contributed by atoms with Crippen molar-refractivity contribution in [2.45, 2.75) is 38.9 Å². The number of amides is 1. The second kappa shape index (κ2) is 10.4. The monoisotopic (exact) mass is 426 g/mol. The number of hydrogen-bond donors (Lipinski definition) is 3. The third-order valence-corrected chi connectivity index (χ3v) is 3.12. The summed E-state index contributed by atoms with van der Waals surface area (Å²) in [5, 5.41) is 13.4. The lowest BCUT2D eigenvalue weighted by atomic mass is 10.1. The molecule has 1 aromatic carbocycles. The van der Waals surface area contributed by atoms with Crippen molar-refractivity contribution in [1.82, 2.24) is 10.6 Å². The Morgan fingerprint density at radius 2 is 1.72 bits per heavy atom. The number of carbonyl (C=O) groups is 2. The van der Waals surface area contributed by atoms with Crippen LogP contribution in [0.5, 0.6) is 0 Å². The van der Waals surface area contributed by atoms with E-state index in [1.54, 1.807) is 0 Å². The van der Waals surface area contributed by atoms with Gasteiger partial charge in [0.05, 0.1) is 0 Å². The van der Waals surface area contributed by atoms with E-state index in [1.807, 2.05) is 24.3 Å². The van der Waals surface area contributed by atoms with Crippen molar-refractivity contribution < 1.29 is 27.9 Å². The number of hydrogen-bond acceptors (Lipinski definition) is 3. The van der Waals surface area contributed by atoms with Gasteiger partial charge < -0.3 is 15.7 Å². The molecule has 0 atom stereocenters. The Balaban J connectivity index is 0.000000697. The summed E-state index contributed by atoms with van der Waals surface area (Å²) in [6.07, 6.45) is -4.16. The fourth-order valence-electron chi connectivity index (χ4n) is 1.49. The van der Waals surface area contributed by atoms with Gasteiger partial charge in [0, 0.05) is 22.1 Å². The highest BCUT2D eigenvalue weighted by Crippen LogP contribution is 2.13. The molecule has 0 saturated carbocycles. The lowest BCUT2D eigenvalue weighted by Crippen LogP contribution is -2.37. The van der Waals surface area contributed by atoms with E-state index in [1.165, 1.54) is 0 Å². The number of aliphatic carboxylic acids is 1. The number of carboxylic acid groups (broad SMARTS) is 1. The first-order valence-corrected chi connectivity index (χ1v) is 8.21. The van der Waals surface area contributed by atoms with Crippen molar-refractivity contribution in [3.8, 4) is 0 Å². The van der Waals surface area contributed by atoms with Crippen molar-refractivity contribution in [3.05, 3.63) is 34.3 Å². The van der Waals surface area contributed by atoms with Crippen LogP contribution in [0.4, 0.5) is 13.2 Å². The molecule has 0 aromatic heterocycles. The maximum atomic E-state index is 11.8. The maximum Gasteiger partial charge on any atom is 0.490 e. The molecule has 9 heteroatoms. The number of nitrogens with one attached hydrogen (secondary N) is 2. The van der Waals surface area contributed by atoms with E-state index in [-0.39, 0.29) is 11.4 Å². The van der Waals surface area contributed by atoms with Gasteiger partial charge in [0.2, 0.25) is 0 Å². The Kier molecular flexibility index (Phi) is 9.73. The molecule has 0 aliphatic carbocycles. The zero-order valence-corrected chi connectivity index (χ0v) is 15.8. The molecule has 0 saturated heterocycles. The molecule has 1 rings (SSSR count). The van der Waals surface area contributed by atoms with Gasteiger partial charge in [-0.2, -0.15) is 13.2 Å². The molecule has 0 heterocycles. The molecule has 1 aromatic rings. The molecule has 0 fully saturated rings. The van der Waals surface area contributed by atoms with E-state index in [0.29, 0.717) is 12.1 Å². The minimum atomic E-state index is -5.08. The first kappa shape index (κ1) is 23.4. The standard InChI is InChI=1S/C14H21BrN2O.C2HF3O2/c1-14(2,3)17-9-5-8-16-13(18)11-6-4-7-12(15)10-11;3-2(4,5)1(6)7/h4,6-7,10,17H,5,8-9H2,1-3H3,(H,16,18);(H,6,7). The Morgan fingerprint density at radius 3 is 2.16 bits per heavy atom. The van der Waals surface area contributed by atoms with Crippen LogP contribution in [0, 0.1) is 0 Å². The van der Waals surface area contributed by atoms with Crippen LogP contribution in [0.3, 0.4) is 0 Å². The molecule has 0 unspecified atom stereocenters. The number of carboxylic acids is 1. The quantitative estimate of drug-likeness (QED) is 0.628. The Bertz CT molecular complexity index is 572. The average Bonchev–Trinajstić information content (AvgIpc) is 2.45. The van der Waals surface area contributed by atoms with Gasteiger partial charge in [-0.3, -0.25) is 4.79 Å². The summed E-state index contributed by atoms with van der Waals surface area (Å²) < 4.78 is 32.7. The number of halogens is 4. The molecule has 0 bridgehead atoms. The van der Waals surface area contributed by atoms with Gasteiger partial charge in [0.15, 0.2) is 0 Å². The van der Waals surface area contributed by atoms with E-state index >= 15 is 0 Å². The van der Waals surface area contributed by atoms with E-state index in [9.17, 15) is 18.0 Å². The summed E-state index contributed by atoms with van der Waals surface area (Å²) in [5.74, 6) is -2.78. The summed E-state index contributed by atoms with van der Waals surface area (Å²) in [6, 6.07) is 7.40. The van der Waals surface area contributed by atoms with Crippen LogP contribution in [-0.4, -0.2) is 41.8 Å². The van der Waals surface area contributed by atoms with Crippen molar-refractivity contribution in [3.63, 3.8) is 0 Å². The first-order valence-electron chi connectivity index (χ1n) is 7.42. The highest BCUT2D eigenvalue weighted by molar-refractivity contribution is 9.10. The summed E-state index contributed by atoms with van der Waals surface area (Å²) >= 11 is 3.36. The smallest absolute Gasteiger partial charge is 0.475 e. The number of alkyl halides is 3. The van der Waals surface area contributed by atoms with Gasteiger partial charge >= 0.3 is 12.1 Å². The van der Waals surface area contributed by atoms with Gasteiger partial charge in [0.1, 0.15) is 0 Å². The van der Waals surface area contributed by atoms with Gasteiger partial charge in [-0.15, -0.1) is 0 Å². The molecule has 3 N–H and O–H groups in total. The lowest BCUT2D eigenvalue weighted by Gasteiger charge is -2.20. The summed E-state index contributed by atoms with van der Waals surface area (Å²) in [5.41, 5.74) is 0.821. The predicted octanol–water partition coefficient (Wildman–Crippen LogP) is 3.59. The molecule has 1 amide bonds. The van der Waals surface area contributed by atoms with Gasteiger partial charge in [-0.25, -0.2) is 4.79 Å². The summed E-state index contributed by atoms with van der Waals surface area (Å²) in [7, 11) is 0. The van der Waals surface area contributed by atoms with Crippen molar-refractivity contribution in [1.29, 1.82) is 0 Å². The minimum Gasteiger partial charge on any atom is -0.475 e. The van der Waals surface area contributed by atoms with Crippen molar-refractivity contribution in [2.75, 3.05) is 13.1 Å². The fraction of sp³-hybridized carbons (Fsp3) is 0.500. The molecule has 0 aliphatic heterocycles. The second-order valence-corrected chi connectivity index (χ2v) is 7.02. The number of carbonyl (C=O) groups excluding carboxylic acids is 1. The number of rotatable bonds is 5. The highest BCUT2D eigenvalue weighted by Gasteiger charge is 2.38. The van der Waals surface area contributed by atoms with E-state index in [0.717, 1.165) is 17.4 Å². The van der Waals surface area contributed by atoms with Gasteiger partial charge in [0.25, 0.3) is 5.91 Å². The van der Waals surface area contributed by atoms with Crippen LogP contribution in [0.1, 0.15) is 37.6 Å². The molecule has 0 spiro atoms. The lowest BCUT2D eigenvalue weighted by molar-refractivity contribution is -0.192. The predicted molar refractivity (Wildman–Crippen MR) is 92.5 cm³/mol. The molecule has 0 aliphatic rings. The fourth-order valence-corrected chi connectivity index (χ4v) is 1.88. The third kappa shape index (κ3) is 12.4. The Hall–Kier alpha value is -1.61. The molecular weight excluding hydrogens is 405 g/mol. The third-order valence-electron chi connectivity index (χ3n) is 2.62. The van der Waals surface area contributed by atoms with Crippen LogP contribution in [0.25, 0.3) is 0 Å². The summed E-state index contributed by atoms with van der Waals surface area (Å²) in [6.45, 7) is 7.99. The Labute approximate surface area is 153 Å². The van der Waals surface area contributed by atoms with E-state index < -0.39 is 12.1 Å². The van der Waals surface area contributed by atoms with Crippen LogP contribution in [-0.2, 0) is 4.79 Å². The SMILES string of the molecule is CC(C)(C)NCCCNC(=O)c1cccc(Br)c1.O=C(O)C(F)(F)F. The number of benzene rings is 1. The molecule has 0 radical (unpaired) electrons. The molecule has 5 nitrogen and oxygen atoms in total. The van der Waals surface area contributed by atoms with Gasteiger partial charge in [-0.05, 0) is 51.9 Å². The minimum absolute atomic E-state index is 0.0212. The zero-order chi connectivity index (χ0) is 19.7. The van der Waals surface area contributed by atoms with Gasteiger partial charge in [-0.1, -0.05) is 22.0 Å².